The second-order valence-electron chi connectivity index (χ2n) is 8.25. The molecule has 1 amide bonds. The van der Waals surface area contributed by atoms with E-state index in [1.807, 2.05) is 13.0 Å². The maximum Gasteiger partial charge on any atom is 0.255 e. The standard InChI is InChI=1S/C21H26FN7O2/c1-12(14-4-5-14)28-16-6-18(29-20-26-8-13(7-23)9-27-20)24-10-15(16)19(30)25-11-17(22)21(2,3)31/h6,8-10,12,14,17,31H,4-5,11H2,1-3H3,(H,25,30)(H2,24,26,27,28,29). The van der Waals surface area contributed by atoms with Gasteiger partial charge in [0.25, 0.3) is 5.91 Å². The van der Waals surface area contributed by atoms with E-state index < -0.39 is 17.7 Å². The molecule has 2 aromatic heterocycles. The number of amides is 1. The number of pyridine rings is 1. The fourth-order valence-corrected chi connectivity index (χ4v) is 2.88. The maximum absolute atomic E-state index is 14.0. The van der Waals surface area contributed by atoms with Crippen LogP contribution in [0, 0.1) is 17.2 Å². The molecular formula is C21H26FN7O2. The topological polar surface area (TPSA) is 136 Å². The highest BCUT2D eigenvalue weighted by molar-refractivity contribution is 5.99. The van der Waals surface area contributed by atoms with Gasteiger partial charge in [0, 0.05) is 18.3 Å². The van der Waals surface area contributed by atoms with Crippen LogP contribution in [-0.2, 0) is 0 Å². The Bertz CT molecular complexity index is 965. The van der Waals surface area contributed by atoms with E-state index in [4.69, 9.17) is 5.26 Å². The number of nitrogens with zero attached hydrogens (tertiary/aromatic N) is 4. The Morgan fingerprint density at radius 3 is 2.58 bits per heavy atom. The smallest absolute Gasteiger partial charge is 0.255 e. The molecule has 0 radical (unpaired) electrons. The van der Waals surface area contributed by atoms with Crippen LogP contribution in [0.4, 0.5) is 21.8 Å². The van der Waals surface area contributed by atoms with E-state index in [0.29, 0.717) is 23.0 Å². The minimum Gasteiger partial charge on any atom is -0.387 e. The van der Waals surface area contributed by atoms with Crippen molar-refractivity contribution in [2.24, 2.45) is 5.92 Å². The minimum atomic E-state index is -1.61. The van der Waals surface area contributed by atoms with E-state index in [-0.39, 0.29) is 24.1 Å². The summed E-state index contributed by atoms with van der Waals surface area (Å²) in [7, 11) is 0. The Morgan fingerprint density at radius 2 is 2.00 bits per heavy atom. The number of hydrogen-bond donors (Lipinski definition) is 4. The third-order valence-corrected chi connectivity index (χ3v) is 5.09. The molecule has 164 valence electrons. The Morgan fingerprint density at radius 1 is 1.32 bits per heavy atom. The first-order valence-corrected chi connectivity index (χ1v) is 10.1. The number of carbonyl (C=O) groups is 1. The number of aromatic nitrogens is 3. The Balaban J connectivity index is 1.78. The van der Waals surface area contributed by atoms with Crippen molar-refractivity contribution in [2.75, 3.05) is 17.2 Å². The molecule has 2 heterocycles. The molecule has 2 aromatic rings. The zero-order chi connectivity index (χ0) is 22.6. The summed E-state index contributed by atoms with van der Waals surface area (Å²) >= 11 is 0. The lowest BCUT2D eigenvalue weighted by Gasteiger charge is -2.23. The van der Waals surface area contributed by atoms with Crippen LogP contribution in [0.15, 0.2) is 24.7 Å². The van der Waals surface area contributed by atoms with E-state index in [1.165, 1.54) is 32.4 Å². The Hall–Kier alpha value is -3.32. The zero-order valence-electron chi connectivity index (χ0n) is 17.7. The molecule has 1 fully saturated rings. The molecule has 2 unspecified atom stereocenters. The van der Waals surface area contributed by atoms with Crippen LogP contribution < -0.4 is 16.0 Å². The summed E-state index contributed by atoms with van der Waals surface area (Å²) < 4.78 is 14.0. The lowest BCUT2D eigenvalue weighted by Crippen LogP contribution is -2.42. The van der Waals surface area contributed by atoms with Crippen LogP contribution in [0.2, 0.25) is 0 Å². The molecule has 0 aliphatic heterocycles. The highest BCUT2D eigenvalue weighted by Gasteiger charge is 2.30. The van der Waals surface area contributed by atoms with Crippen molar-refractivity contribution in [3.8, 4) is 6.07 Å². The van der Waals surface area contributed by atoms with E-state index in [0.717, 1.165) is 12.8 Å². The fourth-order valence-electron chi connectivity index (χ4n) is 2.88. The summed E-state index contributed by atoms with van der Waals surface area (Å²) in [6, 6.07) is 3.77. The molecule has 0 bridgehead atoms. The number of halogens is 1. The highest BCUT2D eigenvalue weighted by Crippen LogP contribution is 2.34. The third-order valence-electron chi connectivity index (χ3n) is 5.09. The predicted molar refractivity (Wildman–Crippen MR) is 114 cm³/mol. The van der Waals surface area contributed by atoms with Gasteiger partial charge in [-0.2, -0.15) is 5.26 Å². The summed E-state index contributed by atoms with van der Waals surface area (Å²) in [5.74, 6) is 0.709. The van der Waals surface area contributed by atoms with Gasteiger partial charge in [0.05, 0.1) is 41.4 Å². The molecular weight excluding hydrogens is 401 g/mol. The van der Waals surface area contributed by atoms with Gasteiger partial charge in [-0.15, -0.1) is 0 Å². The van der Waals surface area contributed by atoms with Gasteiger partial charge in [-0.25, -0.2) is 19.3 Å². The molecule has 2 atom stereocenters. The van der Waals surface area contributed by atoms with Gasteiger partial charge in [-0.05, 0) is 39.5 Å². The normalized spacial score (nSPS) is 15.5. The number of nitriles is 1. The molecule has 10 heteroatoms. The van der Waals surface area contributed by atoms with Crippen molar-refractivity contribution in [3.05, 3.63) is 35.8 Å². The average Bonchev–Trinajstić information content (AvgIpc) is 3.57. The SMILES string of the molecule is CC(Nc1cc(Nc2ncc(C#N)cn2)ncc1C(=O)NCC(F)C(C)(C)O)C1CC1. The summed E-state index contributed by atoms with van der Waals surface area (Å²) in [6.07, 6.45) is 4.81. The van der Waals surface area contributed by atoms with Crippen molar-refractivity contribution in [1.29, 1.82) is 5.26 Å². The van der Waals surface area contributed by atoms with E-state index >= 15 is 0 Å². The minimum absolute atomic E-state index is 0.151. The van der Waals surface area contributed by atoms with E-state index in [1.54, 1.807) is 6.07 Å². The summed E-state index contributed by atoms with van der Waals surface area (Å²) in [4.78, 5) is 25.0. The molecule has 3 rings (SSSR count). The Labute approximate surface area is 180 Å². The number of nitrogens with one attached hydrogen (secondary N) is 3. The number of anilines is 3. The van der Waals surface area contributed by atoms with Crippen molar-refractivity contribution in [1.82, 2.24) is 20.3 Å². The molecule has 31 heavy (non-hydrogen) atoms. The number of carbonyl (C=O) groups excluding carboxylic acids is 1. The number of hydrogen-bond acceptors (Lipinski definition) is 8. The van der Waals surface area contributed by atoms with Gasteiger partial charge in [0.1, 0.15) is 18.1 Å². The molecule has 0 aromatic carbocycles. The van der Waals surface area contributed by atoms with Crippen LogP contribution in [0.5, 0.6) is 0 Å². The maximum atomic E-state index is 14.0. The van der Waals surface area contributed by atoms with Gasteiger partial charge >= 0.3 is 0 Å². The van der Waals surface area contributed by atoms with Crippen LogP contribution in [0.1, 0.15) is 49.5 Å². The molecule has 0 spiro atoms. The van der Waals surface area contributed by atoms with Gasteiger partial charge in [-0.3, -0.25) is 4.79 Å². The lowest BCUT2D eigenvalue weighted by molar-refractivity contribution is -0.00177. The summed E-state index contributed by atoms with van der Waals surface area (Å²) in [5, 5.41) is 27.4. The van der Waals surface area contributed by atoms with Crippen molar-refractivity contribution >= 4 is 23.4 Å². The summed E-state index contributed by atoms with van der Waals surface area (Å²) in [6.45, 7) is 4.42. The molecule has 9 nitrogen and oxygen atoms in total. The first-order valence-electron chi connectivity index (χ1n) is 10.1. The largest absolute Gasteiger partial charge is 0.387 e. The third kappa shape index (κ3) is 6.08. The molecule has 0 saturated heterocycles. The van der Waals surface area contributed by atoms with Crippen LogP contribution >= 0.6 is 0 Å². The summed E-state index contributed by atoms with van der Waals surface area (Å²) in [5.41, 5.74) is -0.408. The zero-order valence-corrected chi connectivity index (χ0v) is 17.7. The van der Waals surface area contributed by atoms with Crippen LogP contribution in [0.3, 0.4) is 0 Å². The van der Waals surface area contributed by atoms with Crippen molar-refractivity contribution in [2.45, 2.75) is 51.4 Å². The average molecular weight is 427 g/mol. The second kappa shape index (κ2) is 9.22. The first kappa shape index (κ1) is 22.4. The molecule has 4 N–H and O–H groups in total. The lowest BCUT2D eigenvalue weighted by atomic mass is 10.0. The van der Waals surface area contributed by atoms with Crippen LogP contribution in [0.25, 0.3) is 0 Å². The Kier molecular flexibility index (Phi) is 6.65. The number of aliphatic hydroxyl groups is 1. The molecule has 1 aliphatic rings. The molecule has 1 saturated carbocycles. The van der Waals surface area contributed by atoms with Crippen molar-refractivity contribution < 1.29 is 14.3 Å². The van der Waals surface area contributed by atoms with Crippen molar-refractivity contribution in [3.63, 3.8) is 0 Å². The van der Waals surface area contributed by atoms with E-state index in [2.05, 4.69) is 30.9 Å². The highest BCUT2D eigenvalue weighted by atomic mass is 19.1. The fraction of sp³-hybridized carbons (Fsp3) is 0.476. The van der Waals surface area contributed by atoms with Gasteiger partial charge in [0.2, 0.25) is 5.95 Å². The van der Waals surface area contributed by atoms with Crippen LogP contribution in [-0.4, -0.2) is 50.3 Å². The second-order valence-corrected chi connectivity index (χ2v) is 8.25. The predicted octanol–water partition coefficient (Wildman–Crippen LogP) is 2.54. The number of alkyl halides is 1. The number of rotatable bonds is 9. The van der Waals surface area contributed by atoms with Gasteiger partial charge in [-0.1, -0.05) is 0 Å². The van der Waals surface area contributed by atoms with E-state index in [9.17, 15) is 14.3 Å². The van der Waals surface area contributed by atoms with Gasteiger partial charge < -0.3 is 21.1 Å². The monoisotopic (exact) mass is 427 g/mol. The first-order chi connectivity index (χ1) is 14.7. The molecule has 1 aliphatic carbocycles. The van der Waals surface area contributed by atoms with Gasteiger partial charge in [0.15, 0.2) is 0 Å². The quantitative estimate of drug-likeness (QED) is 0.479.